The highest BCUT2D eigenvalue weighted by Crippen LogP contribution is 2.23. The summed E-state index contributed by atoms with van der Waals surface area (Å²) in [6, 6.07) is 8.78. The van der Waals surface area contributed by atoms with Crippen molar-refractivity contribution in [2.24, 2.45) is 0 Å². The number of carbonyl (C=O) groups excluding carboxylic acids is 1. The Morgan fingerprint density at radius 2 is 1.83 bits per heavy atom. The second kappa shape index (κ2) is 6.56. The number of nitrogens with zero attached hydrogens (tertiary/aromatic N) is 3. The maximum absolute atomic E-state index is 12.9. The smallest absolute Gasteiger partial charge is 0.288 e. The van der Waals surface area contributed by atoms with Crippen molar-refractivity contribution in [1.29, 1.82) is 0 Å². The molecule has 0 bridgehead atoms. The Labute approximate surface area is 134 Å². The number of aromatic nitrogens is 1. The van der Waals surface area contributed by atoms with Crippen molar-refractivity contribution in [2.45, 2.75) is 33.7 Å². The third-order valence-corrected chi connectivity index (χ3v) is 3.56. The average Bonchev–Trinajstić information content (AvgIpc) is 2.49. The second-order valence-electron chi connectivity index (χ2n) is 5.69. The number of nitro groups is 1. The van der Waals surface area contributed by atoms with E-state index in [1.807, 2.05) is 45.0 Å². The SMILES string of the molecule is Cc1ccc(N(C(=O)c2cc([N+](=O)[O-])cnc2C)C(C)C)cc1. The van der Waals surface area contributed by atoms with Crippen LogP contribution in [-0.4, -0.2) is 21.9 Å². The van der Waals surface area contributed by atoms with Crippen molar-refractivity contribution in [3.8, 4) is 0 Å². The first-order chi connectivity index (χ1) is 10.8. The Hall–Kier alpha value is -2.76. The number of aryl methyl sites for hydroxylation is 2. The van der Waals surface area contributed by atoms with Crippen molar-refractivity contribution in [1.82, 2.24) is 4.98 Å². The Bertz CT molecular complexity index is 739. The molecule has 0 saturated heterocycles. The van der Waals surface area contributed by atoms with E-state index in [0.717, 1.165) is 17.4 Å². The Kier molecular flexibility index (Phi) is 4.74. The molecule has 0 aliphatic heterocycles. The highest BCUT2D eigenvalue weighted by Gasteiger charge is 2.24. The first-order valence-corrected chi connectivity index (χ1v) is 7.32. The van der Waals surface area contributed by atoms with E-state index in [-0.39, 0.29) is 23.2 Å². The van der Waals surface area contributed by atoms with Crippen LogP contribution in [0.5, 0.6) is 0 Å². The van der Waals surface area contributed by atoms with E-state index in [1.165, 1.54) is 6.07 Å². The van der Waals surface area contributed by atoms with Crippen LogP contribution in [-0.2, 0) is 0 Å². The average molecular weight is 313 g/mol. The van der Waals surface area contributed by atoms with Crippen LogP contribution in [0.25, 0.3) is 0 Å². The molecule has 1 amide bonds. The van der Waals surface area contributed by atoms with Crippen LogP contribution in [0.4, 0.5) is 11.4 Å². The summed E-state index contributed by atoms with van der Waals surface area (Å²) in [5, 5.41) is 10.9. The number of amides is 1. The molecule has 1 heterocycles. The van der Waals surface area contributed by atoms with Gasteiger partial charge in [-0.3, -0.25) is 19.9 Å². The molecular formula is C17H19N3O3. The standard InChI is InChI=1S/C17H19N3O3/c1-11(2)19(14-7-5-12(3)6-8-14)17(21)16-9-15(20(22)23)10-18-13(16)4/h5-11H,1-4H3. The molecule has 2 aromatic rings. The summed E-state index contributed by atoms with van der Waals surface area (Å²) in [6.07, 6.45) is 1.16. The van der Waals surface area contributed by atoms with Crippen LogP contribution in [0.15, 0.2) is 36.5 Å². The molecule has 0 aliphatic carbocycles. The van der Waals surface area contributed by atoms with Crippen molar-refractivity contribution in [2.75, 3.05) is 4.90 Å². The molecule has 0 saturated carbocycles. The molecule has 6 heteroatoms. The second-order valence-corrected chi connectivity index (χ2v) is 5.69. The van der Waals surface area contributed by atoms with Gasteiger partial charge in [0, 0.05) is 17.8 Å². The molecule has 0 unspecified atom stereocenters. The quantitative estimate of drug-likeness (QED) is 0.637. The van der Waals surface area contributed by atoms with E-state index in [2.05, 4.69) is 4.98 Å². The minimum atomic E-state index is -0.547. The number of hydrogen-bond donors (Lipinski definition) is 0. The molecule has 23 heavy (non-hydrogen) atoms. The van der Waals surface area contributed by atoms with E-state index in [0.29, 0.717) is 5.69 Å². The number of hydrogen-bond acceptors (Lipinski definition) is 4. The van der Waals surface area contributed by atoms with Crippen molar-refractivity contribution >= 4 is 17.3 Å². The first-order valence-electron chi connectivity index (χ1n) is 7.32. The van der Waals surface area contributed by atoms with Crippen molar-refractivity contribution in [3.63, 3.8) is 0 Å². The molecule has 0 atom stereocenters. The molecule has 120 valence electrons. The predicted octanol–water partition coefficient (Wildman–Crippen LogP) is 3.66. The first kappa shape index (κ1) is 16.6. The van der Waals surface area contributed by atoms with Crippen molar-refractivity contribution in [3.05, 3.63) is 63.5 Å². The summed E-state index contributed by atoms with van der Waals surface area (Å²) in [4.78, 5) is 28.9. The van der Waals surface area contributed by atoms with E-state index in [1.54, 1.807) is 11.8 Å². The van der Waals surface area contributed by atoms with Gasteiger partial charge < -0.3 is 4.90 Å². The summed E-state index contributed by atoms with van der Waals surface area (Å²) in [7, 11) is 0. The molecule has 6 nitrogen and oxygen atoms in total. The van der Waals surface area contributed by atoms with Gasteiger partial charge >= 0.3 is 0 Å². The number of benzene rings is 1. The topological polar surface area (TPSA) is 76.3 Å². The highest BCUT2D eigenvalue weighted by molar-refractivity contribution is 6.07. The van der Waals surface area contributed by atoms with Gasteiger partial charge in [0.05, 0.1) is 16.2 Å². The van der Waals surface area contributed by atoms with E-state index in [4.69, 9.17) is 0 Å². The molecule has 2 rings (SSSR count). The summed E-state index contributed by atoms with van der Waals surface area (Å²) in [6.45, 7) is 7.44. The molecule has 1 aromatic heterocycles. The Morgan fingerprint density at radius 3 is 2.35 bits per heavy atom. The predicted molar refractivity (Wildman–Crippen MR) is 88.8 cm³/mol. The molecule has 1 aromatic carbocycles. The van der Waals surface area contributed by atoms with Gasteiger partial charge in [-0.05, 0) is 39.8 Å². The monoisotopic (exact) mass is 313 g/mol. The molecule has 0 radical (unpaired) electrons. The number of anilines is 1. The van der Waals surface area contributed by atoms with E-state index < -0.39 is 4.92 Å². The minimum Gasteiger partial charge on any atom is -0.306 e. The zero-order chi connectivity index (χ0) is 17.1. The van der Waals surface area contributed by atoms with Crippen LogP contribution >= 0.6 is 0 Å². The molecular weight excluding hydrogens is 294 g/mol. The summed E-state index contributed by atoms with van der Waals surface area (Å²) < 4.78 is 0. The van der Waals surface area contributed by atoms with Crippen LogP contribution in [0, 0.1) is 24.0 Å². The lowest BCUT2D eigenvalue weighted by molar-refractivity contribution is -0.385. The lowest BCUT2D eigenvalue weighted by Gasteiger charge is -2.27. The van der Waals surface area contributed by atoms with Gasteiger partial charge in [-0.1, -0.05) is 17.7 Å². The summed E-state index contributed by atoms with van der Waals surface area (Å²) in [5.41, 5.74) is 2.37. The number of pyridine rings is 1. The van der Waals surface area contributed by atoms with Gasteiger partial charge in [0.2, 0.25) is 0 Å². The van der Waals surface area contributed by atoms with Gasteiger partial charge in [0.15, 0.2) is 0 Å². The minimum absolute atomic E-state index is 0.0936. The Morgan fingerprint density at radius 1 is 1.22 bits per heavy atom. The lowest BCUT2D eigenvalue weighted by atomic mass is 10.1. The van der Waals surface area contributed by atoms with Gasteiger partial charge in [-0.15, -0.1) is 0 Å². The fourth-order valence-electron chi connectivity index (χ4n) is 2.32. The van der Waals surface area contributed by atoms with Crippen LogP contribution in [0.3, 0.4) is 0 Å². The Balaban J connectivity index is 2.48. The van der Waals surface area contributed by atoms with Gasteiger partial charge in [-0.25, -0.2) is 0 Å². The van der Waals surface area contributed by atoms with Crippen LogP contribution in [0.1, 0.15) is 35.5 Å². The largest absolute Gasteiger partial charge is 0.306 e. The van der Waals surface area contributed by atoms with E-state index >= 15 is 0 Å². The fourth-order valence-corrected chi connectivity index (χ4v) is 2.32. The summed E-state index contributed by atoms with van der Waals surface area (Å²) in [5.74, 6) is -0.294. The number of carbonyl (C=O) groups is 1. The zero-order valence-electron chi connectivity index (χ0n) is 13.6. The van der Waals surface area contributed by atoms with E-state index in [9.17, 15) is 14.9 Å². The third kappa shape index (κ3) is 3.53. The summed E-state index contributed by atoms with van der Waals surface area (Å²) >= 11 is 0. The van der Waals surface area contributed by atoms with Gasteiger partial charge in [0.25, 0.3) is 11.6 Å². The number of rotatable bonds is 4. The lowest BCUT2D eigenvalue weighted by Crippen LogP contribution is -2.37. The van der Waals surface area contributed by atoms with Crippen molar-refractivity contribution < 1.29 is 9.72 Å². The fraction of sp³-hybridized carbons (Fsp3) is 0.294. The molecule has 0 spiro atoms. The van der Waals surface area contributed by atoms with Crippen LogP contribution < -0.4 is 4.90 Å². The normalized spacial score (nSPS) is 10.7. The molecule has 0 aliphatic rings. The van der Waals surface area contributed by atoms with Gasteiger partial charge in [-0.2, -0.15) is 0 Å². The molecule has 0 N–H and O–H groups in total. The molecule has 0 fully saturated rings. The zero-order valence-corrected chi connectivity index (χ0v) is 13.6. The van der Waals surface area contributed by atoms with Crippen LogP contribution in [0.2, 0.25) is 0 Å². The maximum Gasteiger partial charge on any atom is 0.288 e. The maximum atomic E-state index is 12.9. The third-order valence-electron chi connectivity index (χ3n) is 3.56. The van der Waals surface area contributed by atoms with Gasteiger partial charge in [0.1, 0.15) is 6.20 Å². The highest BCUT2D eigenvalue weighted by atomic mass is 16.6.